The summed E-state index contributed by atoms with van der Waals surface area (Å²) >= 11 is 1.20. The molecule has 0 rings (SSSR count). The summed E-state index contributed by atoms with van der Waals surface area (Å²) in [5, 5.41) is 27.1. The van der Waals surface area contributed by atoms with Crippen molar-refractivity contribution >= 4 is 65.4 Å². The maximum Gasteiger partial charge on any atom is 0.306 e. The number of nitrogens with one attached hydrogen (secondary N) is 6. The second-order valence-corrected chi connectivity index (χ2v) is 28.2. The Morgan fingerprint density at radius 2 is 0.673 bits per heavy atom. The number of aldehydes is 1. The first kappa shape index (κ1) is 93.6. The molecule has 7 atom stereocenters. The first-order valence-electron chi connectivity index (χ1n) is 39.3. The van der Waals surface area contributed by atoms with Gasteiger partial charge in [0.2, 0.25) is 35.4 Å². The minimum absolute atomic E-state index is 0.0477. The van der Waals surface area contributed by atoms with E-state index in [1.807, 2.05) is 0 Å². The van der Waals surface area contributed by atoms with Crippen LogP contribution in [-0.2, 0) is 52.6 Å². The summed E-state index contributed by atoms with van der Waals surface area (Å²) in [7, 11) is 0. The zero-order valence-electron chi connectivity index (χ0n) is 61.9. The van der Waals surface area contributed by atoms with Crippen molar-refractivity contribution in [3.8, 4) is 0 Å². The van der Waals surface area contributed by atoms with Crippen molar-refractivity contribution in [1.82, 2.24) is 31.9 Å². The molecule has 0 aromatic carbocycles. The van der Waals surface area contributed by atoms with E-state index in [0.717, 1.165) is 77.0 Å². The summed E-state index contributed by atoms with van der Waals surface area (Å²) in [4.78, 5) is 123. The Morgan fingerprint density at radius 3 is 1.04 bits per heavy atom. The largest absolute Gasteiger partial charge is 0.462 e. The maximum atomic E-state index is 14.4. The predicted octanol–water partition coefficient (Wildman–Crippen LogP) is 10.9. The molecule has 0 saturated carbocycles. The zero-order valence-corrected chi connectivity index (χ0v) is 62.7. The van der Waals surface area contributed by atoms with Crippen LogP contribution in [0.15, 0.2) is 0 Å². The van der Waals surface area contributed by atoms with Gasteiger partial charge in [0, 0.05) is 30.8 Å². The molecule has 23 heteroatoms. The molecule has 15 N–H and O–H groups in total. The minimum atomic E-state index is -1.60. The van der Waals surface area contributed by atoms with Gasteiger partial charge in [0.05, 0.1) is 12.6 Å². The van der Waals surface area contributed by atoms with Gasteiger partial charge in [-0.3, -0.25) is 38.4 Å². The number of aliphatic hydroxyl groups excluding tert-OH is 1. The fourth-order valence-corrected chi connectivity index (χ4v) is 12.8. The number of unbranched alkanes of at least 4 members (excludes halogenated alkanes) is 34. The molecule has 0 radical (unpaired) electrons. The average Bonchev–Trinajstić information content (AvgIpc) is 0.889. The highest BCUT2D eigenvalue weighted by Gasteiger charge is 2.33. The number of carbonyl (C=O) groups is 9. The van der Waals surface area contributed by atoms with Gasteiger partial charge in [-0.25, -0.2) is 0 Å². The fraction of sp³-hybridized carbons (Fsp3) is 0.880. The molecule has 0 fully saturated rings. The van der Waals surface area contributed by atoms with Crippen LogP contribution in [0, 0.1) is 0 Å². The van der Waals surface area contributed by atoms with Crippen LogP contribution in [0.25, 0.3) is 0 Å². The molecule has 0 aromatic heterocycles. The van der Waals surface area contributed by atoms with Crippen LogP contribution in [0.2, 0.25) is 0 Å². The first-order valence-corrected chi connectivity index (χ1v) is 40.4. The first-order chi connectivity index (χ1) is 47.7. The maximum absolute atomic E-state index is 14.4. The molecule has 0 heterocycles. The topological polar surface area (TPSA) is 369 Å². The molecule has 22 nitrogen and oxygen atoms in total. The van der Waals surface area contributed by atoms with Gasteiger partial charge < -0.3 is 74.2 Å². The average molecular weight is 1410 g/mol. The number of thioether (sulfide) groups is 1. The van der Waals surface area contributed by atoms with Gasteiger partial charge >= 0.3 is 11.9 Å². The van der Waals surface area contributed by atoms with Crippen molar-refractivity contribution in [3.05, 3.63) is 0 Å². The lowest BCUT2D eigenvalue weighted by Gasteiger charge is -2.27. The summed E-state index contributed by atoms with van der Waals surface area (Å²) in [6.45, 7) is 6.92. The Bertz CT molecular complexity index is 2020. The van der Waals surface area contributed by atoms with E-state index in [4.69, 9.17) is 32.4 Å². The molecule has 0 aliphatic rings. The van der Waals surface area contributed by atoms with Crippen molar-refractivity contribution < 1.29 is 57.7 Å². The summed E-state index contributed by atoms with van der Waals surface area (Å²) in [6.07, 6.45) is 42.5. The van der Waals surface area contributed by atoms with E-state index >= 15 is 0 Å². The number of esters is 2. The van der Waals surface area contributed by atoms with Gasteiger partial charge in [0.1, 0.15) is 49.2 Å². The summed E-state index contributed by atoms with van der Waals surface area (Å²) in [5.41, 5.74) is 23.1. The number of ether oxygens (including phenoxy) is 2. The lowest BCUT2D eigenvalue weighted by atomic mass is 10.0. The Kier molecular flexibility index (Phi) is 65.3. The summed E-state index contributed by atoms with van der Waals surface area (Å²) in [5.74, 6) is -4.81. The molecule has 0 saturated heterocycles. The fourth-order valence-electron chi connectivity index (χ4n) is 11.7. The Labute approximate surface area is 597 Å². The van der Waals surface area contributed by atoms with Crippen molar-refractivity contribution in [3.63, 3.8) is 0 Å². The van der Waals surface area contributed by atoms with E-state index in [0.29, 0.717) is 103 Å². The van der Waals surface area contributed by atoms with Crippen LogP contribution in [0.3, 0.4) is 0 Å². The molecular formula is C75H144N10O12S. The molecule has 0 aromatic rings. The van der Waals surface area contributed by atoms with E-state index in [1.165, 1.54) is 127 Å². The summed E-state index contributed by atoms with van der Waals surface area (Å²) in [6, 6.07) is -7.19. The van der Waals surface area contributed by atoms with Crippen LogP contribution in [0.4, 0.5) is 0 Å². The molecule has 572 valence electrons. The molecule has 0 spiro atoms. The highest BCUT2D eigenvalue weighted by atomic mass is 32.2. The van der Waals surface area contributed by atoms with E-state index in [1.54, 1.807) is 0 Å². The van der Waals surface area contributed by atoms with E-state index in [-0.39, 0.29) is 75.1 Å². The predicted molar refractivity (Wildman–Crippen MR) is 398 cm³/mol. The third-order valence-electron chi connectivity index (χ3n) is 18.0. The molecule has 0 bridgehead atoms. The van der Waals surface area contributed by atoms with Gasteiger partial charge in [-0.05, 0) is 122 Å². The lowest BCUT2D eigenvalue weighted by molar-refractivity contribution is -0.157. The second kappa shape index (κ2) is 68.4. The molecule has 0 aliphatic carbocycles. The van der Waals surface area contributed by atoms with Crippen molar-refractivity contribution in [2.75, 3.05) is 50.9 Å². The molecule has 6 amide bonds. The SMILES string of the molecule is CCCCCCCCCCCCCCCC(=O)OC[C@H](CSC[C@H](NC(=O)CCCCCCCCC)C(=O)N[C@@H](CO)C(=O)NC(CCCCN)C(=O)N[C@@H](CCCCN)C(=O)NC(CCCCN)C(=O)N[C@H](C=O)CCCCN)OC(=O)CCCCCCCCCCCCCCC. The second-order valence-electron chi connectivity index (χ2n) is 27.1. The number of nitrogens with two attached hydrogens (primary N) is 4. The number of hydrogen-bond acceptors (Lipinski definition) is 17. The third-order valence-corrected chi connectivity index (χ3v) is 19.1. The quantitative estimate of drug-likeness (QED) is 0.0153. The molecule has 2 unspecified atom stereocenters. The molecule has 0 aliphatic heterocycles. The smallest absolute Gasteiger partial charge is 0.306 e. The molecule has 98 heavy (non-hydrogen) atoms. The van der Waals surface area contributed by atoms with Gasteiger partial charge in [0.25, 0.3) is 0 Å². The number of carbonyl (C=O) groups excluding carboxylic acids is 9. The third kappa shape index (κ3) is 54.3. The van der Waals surface area contributed by atoms with Gasteiger partial charge in [-0.2, -0.15) is 11.8 Å². The highest BCUT2D eigenvalue weighted by molar-refractivity contribution is 7.99. The molecular weight excluding hydrogens is 1260 g/mol. The standard InChI is InChI=1S/C75H144N10O12S/c1-4-7-10-13-16-18-20-22-24-26-29-32-35-50-69(89)96-58-62(97-70(90)51-36-33-30-27-25-23-21-19-17-14-11-8-5-2)59-98-60-67(81-68(88)49-34-31-28-15-12-9-6-3)75(95)85-66(57-87)74(94)84-65(48-40-44-55-79)73(93)83-64(47-39-43-54-78)72(92)82-63(46-38-42-53-77)71(91)80-61(56-86)45-37-41-52-76/h56,61-67,87H,4-55,57-60,76-79H2,1-3H3,(H,80,91)(H,81,88)(H,82,92)(H,83,93)(H,84,94)(H,85,95)/t61-,62+,63?,64-,65?,66-,67-/m0/s1. The number of hydrogen-bond donors (Lipinski definition) is 11. The van der Waals surface area contributed by atoms with Crippen LogP contribution in [-0.4, -0.2) is 152 Å². The monoisotopic (exact) mass is 1410 g/mol. The van der Waals surface area contributed by atoms with Crippen LogP contribution < -0.4 is 54.8 Å². The van der Waals surface area contributed by atoms with Crippen molar-refractivity contribution in [2.45, 2.75) is 371 Å². The number of rotatable bonds is 72. The van der Waals surface area contributed by atoms with Gasteiger partial charge in [-0.1, -0.05) is 213 Å². The van der Waals surface area contributed by atoms with E-state index in [9.17, 15) is 48.3 Å². The van der Waals surface area contributed by atoms with Crippen molar-refractivity contribution in [1.29, 1.82) is 0 Å². The number of amides is 6. The van der Waals surface area contributed by atoms with Gasteiger partial charge in [-0.15, -0.1) is 0 Å². The summed E-state index contributed by atoms with van der Waals surface area (Å²) < 4.78 is 11.7. The number of aliphatic hydroxyl groups is 1. The Balaban J connectivity index is 6.49. The zero-order chi connectivity index (χ0) is 72.3. The Morgan fingerprint density at radius 1 is 0.357 bits per heavy atom. The lowest BCUT2D eigenvalue weighted by Crippen LogP contribution is -2.60. The van der Waals surface area contributed by atoms with Gasteiger partial charge in [0.15, 0.2) is 0 Å². The normalized spacial score (nSPS) is 13.5. The van der Waals surface area contributed by atoms with E-state index in [2.05, 4.69) is 52.7 Å². The minimum Gasteiger partial charge on any atom is -0.462 e. The van der Waals surface area contributed by atoms with Crippen molar-refractivity contribution in [2.24, 2.45) is 22.9 Å². The Hall–Kier alpha value is -4.42. The van der Waals surface area contributed by atoms with Crippen LogP contribution >= 0.6 is 11.8 Å². The van der Waals surface area contributed by atoms with E-state index < -0.39 is 84.5 Å². The van der Waals surface area contributed by atoms with Crippen LogP contribution in [0.5, 0.6) is 0 Å². The highest BCUT2D eigenvalue weighted by Crippen LogP contribution is 2.19. The van der Waals surface area contributed by atoms with Crippen LogP contribution in [0.1, 0.15) is 329 Å².